The maximum Gasteiger partial charge on any atom is 0.100 e. The Morgan fingerprint density at radius 3 is 2.25 bits per heavy atom. The molecule has 0 radical (unpaired) electrons. The molecule has 0 spiro atoms. The lowest BCUT2D eigenvalue weighted by Gasteiger charge is -2.23. The molecule has 1 N–H and O–H groups in total. The molecule has 4 nitrogen and oxygen atoms in total. The summed E-state index contributed by atoms with van der Waals surface area (Å²) in [5.41, 5.74) is 0. The molecule has 5 heteroatoms. The fourth-order valence-corrected chi connectivity index (χ4v) is 2.11. The first-order valence-corrected chi connectivity index (χ1v) is 5.93. The average molecular weight is 193 g/mol. The molecule has 0 aliphatic carbocycles. The molecule has 72 valence electrons. The highest BCUT2D eigenvalue weighted by molar-refractivity contribution is 7.85. The molecule has 1 heterocycles. The van der Waals surface area contributed by atoms with Crippen LogP contribution in [0.15, 0.2) is 0 Å². The van der Waals surface area contributed by atoms with E-state index in [9.17, 15) is 13.0 Å². The largest absolute Gasteiger partial charge is 0.748 e. The Balaban J connectivity index is 2.22. The van der Waals surface area contributed by atoms with Crippen molar-refractivity contribution in [3.05, 3.63) is 0 Å². The van der Waals surface area contributed by atoms with Crippen LogP contribution >= 0.6 is 0 Å². The van der Waals surface area contributed by atoms with Crippen LogP contribution in [-0.2, 0) is 10.1 Å². The van der Waals surface area contributed by atoms with E-state index < -0.39 is 10.1 Å². The van der Waals surface area contributed by atoms with Gasteiger partial charge in [0, 0.05) is 0 Å². The predicted molar refractivity (Wildman–Crippen MR) is 44.0 cm³/mol. The van der Waals surface area contributed by atoms with Crippen molar-refractivity contribution in [2.75, 3.05) is 25.4 Å². The van der Waals surface area contributed by atoms with Gasteiger partial charge in [0.15, 0.2) is 0 Å². The van der Waals surface area contributed by atoms with Crippen LogP contribution in [0.25, 0.3) is 0 Å². The highest BCUT2D eigenvalue weighted by Crippen LogP contribution is 1.94. The fraction of sp³-hybridized carbons (Fsp3) is 1.00. The van der Waals surface area contributed by atoms with E-state index >= 15 is 0 Å². The number of piperidine rings is 1. The van der Waals surface area contributed by atoms with E-state index in [2.05, 4.69) is 0 Å². The zero-order chi connectivity index (χ0) is 9.03. The Bertz CT molecular complexity index is 219. The minimum Gasteiger partial charge on any atom is -0.748 e. The zero-order valence-electron chi connectivity index (χ0n) is 7.08. The Kier molecular flexibility index (Phi) is 3.49. The minimum atomic E-state index is -3.99. The lowest BCUT2D eigenvalue weighted by Crippen LogP contribution is -3.13. The van der Waals surface area contributed by atoms with E-state index in [1.807, 2.05) is 0 Å². The molecule has 1 saturated heterocycles. The molecule has 12 heavy (non-hydrogen) atoms. The molecule has 0 bridgehead atoms. The fourth-order valence-electron chi connectivity index (χ4n) is 1.57. The molecule has 0 aromatic heterocycles. The Morgan fingerprint density at radius 1 is 1.17 bits per heavy atom. The first kappa shape index (κ1) is 9.95. The molecule has 0 atom stereocenters. The summed E-state index contributed by atoms with van der Waals surface area (Å²) in [5, 5.41) is 0. The smallest absolute Gasteiger partial charge is 0.100 e. The third-order valence-electron chi connectivity index (χ3n) is 2.27. The SMILES string of the molecule is O=S(=O)([O-])CC[NH+]1CCCCC1. The summed E-state index contributed by atoms with van der Waals surface area (Å²) < 4.78 is 30.9. The van der Waals surface area contributed by atoms with Crippen molar-refractivity contribution >= 4 is 10.1 Å². The van der Waals surface area contributed by atoms with E-state index in [0.717, 1.165) is 25.9 Å². The average Bonchev–Trinajstić information content (AvgIpc) is 2.02. The van der Waals surface area contributed by atoms with Gasteiger partial charge in [-0.05, 0) is 19.3 Å². The Hall–Kier alpha value is -0.130. The molecular weight excluding hydrogens is 178 g/mol. The lowest BCUT2D eigenvalue weighted by molar-refractivity contribution is -0.902. The summed E-state index contributed by atoms with van der Waals surface area (Å²) in [7, 11) is -3.99. The summed E-state index contributed by atoms with van der Waals surface area (Å²) in [6.07, 6.45) is 3.57. The van der Waals surface area contributed by atoms with E-state index in [1.54, 1.807) is 0 Å². The van der Waals surface area contributed by atoms with Crippen molar-refractivity contribution in [1.29, 1.82) is 0 Å². The summed E-state index contributed by atoms with van der Waals surface area (Å²) in [4.78, 5) is 1.26. The molecule has 0 amide bonds. The van der Waals surface area contributed by atoms with Gasteiger partial charge in [0.1, 0.15) is 10.1 Å². The van der Waals surface area contributed by atoms with Crippen LogP contribution in [-0.4, -0.2) is 38.4 Å². The second-order valence-electron chi connectivity index (χ2n) is 3.32. The number of likely N-dealkylation sites (tertiary alicyclic amines) is 1. The van der Waals surface area contributed by atoms with Crippen molar-refractivity contribution < 1.29 is 17.9 Å². The van der Waals surface area contributed by atoms with E-state index in [0.29, 0.717) is 6.54 Å². The highest BCUT2D eigenvalue weighted by Gasteiger charge is 2.13. The molecule has 1 aliphatic rings. The van der Waals surface area contributed by atoms with Crippen molar-refractivity contribution in [3.8, 4) is 0 Å². The molecule has 0 saturated carbocycles. The van der Waals surface area contributed by atoms with Gasteiger partial charge in [0.05, 0.1) is 25.4 Å². The van der Waals surface area contributed by atoms with E-state index in [1.165, 1.54) is 11.3 Å². The lowest BCUT2D eigenvalue weighted by atomic mass is 10.1. The topological polar surface area (TPSA) is 61.6 Å². The summed E-state index contributed by atoms with van der Waals surface area (Å²) in [6, 6.07) is 0. The number of hydrogen-bond donors (Lipinski definition) is 1. The molecule has 1 aliphatic heterocycles. The normalized spacial score (nSPS) is 21.1. The maximum atomic E-state index is 10.3. The first-order valence-electron chi connectivity index (χ1n) is 4.35. The first-order chi connectivity index (χ1) is 5.58. The Labute approximate surface area is 73.3 Å². The molecule has 0 aromatic rings. The number of hydrogen-bond acceptors (Lipinski definition) is 3. The molecule has 1 rings (SSSR count). The highest BCUT2D eigenvalue weighted by atomic mass is 32.2. The summed E-state index contributed by atoms with van der Waals surface area (Å²) in [5.74, 6) is -0.206. The second kappa shape index (κ2) is 4.20. The monoisotopic (exact) mass is 193 g/mol. The zero-order valence-corrected chi connectivity index (χ0v) is 7.90. The number of nitrogens with one attached hydrogen (secondary N) is 1. The molecule has 0 aromatic carbocycles. The maximum absolute atomic E-state index is 10.3. The summed E-state index contributed by atoms with van der Waals surface area (Å²) >= 11 is 0. The van der Waals surface area contributed by atoms with Gasteiger partial charge in [-0.25, -0.2) is 8.42 Å². The quantitative estimate of drug-likeness (QED) is 0.561. The molecule has 0 unspecified atom stereocenters. The van der Waals surface area contributed by atoms with Crippen molar-refractivity contribution in [1.82, 2.24) is 0 Å². The van der Waals surface area contributed by atoms with Gasteiger partial charge in [0.25, 0.3) is 0 Å². The van der Waals surface area contributed by atoms with Crippen LogP contribution < -0.4 is 4.90 Å². The third-order valence-corrected chi connectivity index (χ3v) is 2.97. The van der Waals surface area contributed by atoms with Gasteiger partial charge in [0.2, 0.25) is 0 Å². The molecular formula is C7H15NO3S. The number of quaternary nitrogens is 1. The van der Waals surface area contributed by atoms with Gasteiger partial charge in [-0.3, -0.25) is 0 Å². The Morgan fingerprint density at radius 2 is 1.75 bits per heavy atom. The van der Waals surface area contributed by atoms with Crippen molar-refractivity contribution in [3.63, 3.8) is 0 Å². The second-order valence-corrected chi connectivity index (χ2v) is 4.85. The van der Waals surface area contributed by atoms with Crippen LogP contribution in [0.1, 0.15) is 19.3 Å². The van der Waals surface area contributed by atoms with E-state index in [-0.39, 0.29) is 5.75 Å². The van der Waals surface area contributed by atoms with Crippen LogP contribution in [0.3, 0.4) is 0 Å². The third kappa shape index (κ3) is 4.04. The molecule has 1 fully saturated rings. The van der Waals surface area contributed by atoms with Crippen molar-refractivity contribution in [2.24, 2.45) is 0 Å². The standard InChI is InChI=1S/C7H15NO3S/c9-12(10,11)7-6-8-4-2-1-3-5-8/h1-7H2,(H,9,10,11). The van der Waals surface area contributed by atoms with Gasteiger partial charge in [-0.2, -0.15) is 0 Å². The van der Waals surface area contributed by atoms with Gasteiger partial charge >= 0.3 is 0 Å². The van der Waals surface area contributed by atoms with Gasteiger partial charge < -0.3 is 9.45 Å². The van der Waals surface area contributed by atoms with Crippen molar-refractivity contribution in [2.45, 2.75) is 19.3 Å². The van der Waals surface area contributed by atoms with Crippen LogP contribution in [0.5, 0.6) is 0 Å². The minimum absolute atomic E-state index is 0.206. The predicted octanol–water partition coefficient (Wildman–Crippen LogP) is -1.40. The van der Waals surface area contributed by atoms with Crippen LogP contribution in [0.4, 0.5) is 0 Å². The van der Waals surface area contributed by atoms with Gasteiger partial charge in [-0.15, -0.1) is 0 Å². The van der Waals surface area contributed by atoms with E-state index in [4.69, 9.17) is 0 Å². The van der Waals surface area contributed by atoms with Crippen LogP contribution in [0.2, 0.25) is 0 Å². The van der Waals surface area contributed by atoms with Crippen LogP contribution in [0, 0.1) is 0 Å². The number of rotatable bonds is 3. The van der Waals surface area contributed by atoms with Gasteiger partial charge in [-0.1, -0.05) is 0 Å². The summed E-state index contributed by atoms with van der Waals surface area (Å²) in [6.45, 7) is 2.54.